The third-order valence-electron chi connectivity index (χ3n) is 2.99. The molecule has 0 bridgehead atoms. The van der Waals surface area contributed by atoms with E-state index in [0.29, 0.717) is 21.5 Å². The molecule has 2 aromatic rings. The summed E-state index contributed by atoms with van der Waals surface area (Å²) in [6.07, 6.45) is -7.53. The van der Waals surface area contributed by atoms with Crippen molar-refractivity contribution in [1.29, 1.82) is 0 Å². The SMILES string of the molecule is O=C(Cc1csc(COc2ccc(Cl)cc2)n1)NCC(O)C(F)(F)F. The molecule has 1 aromatic carbocycles. The van der Waals surface area contributed by atoms with Gasteiger partial charge in [0.1, 0.15) is 17.4 Å². The Bertz CT molecular complexity index is 707. The third kappa shape index (κ3) is 6.52. The Hall–Kier alpha value is -1.84. The molecule has 10 heteroatoms. The van der Waals surface area contributed by atoms with Gasteiger partial charge in [0.25, 0.3) is 0 Å². The Kier molecular flexibility index (Phi) is 6.63. The number of aliphatic hydroxyl groups is 1. The summed E-state index contributed by atoms with van der Waals surface area (Å²) in [5.41, 5.74) is 0.415. The molecule has 25 heavy (non-hydrogen) atoms. The lowest BCUT2D eigenvalue weighted by atomic mass is 10.3. The number of nitrogens with zero attached hydrogens (tertiary/aromatic N) is 1. The van der Waals surface area contributed by atoms with Crippen molar-refractivity contribution in [3.63, 3.8) is 0 Å². The zero-order valence-corrected chi connectivity index (χ0v) is 14.3. The fraction of sp³-hybridized carbons (Fsp3) is 0.333. The van der Waals surface area contributed by atoms with Crippen LogP contribution in [0.25, 0.3) is 0 Å². The summed E-state index contributed by atoms with van der Waals surface area (Å²) in [5.74, 6) is -0.0428. The second kappa shape index (κ2) is 8.50. The summed E-state index contributed by atoms with van der Waals surface area (Å²) in [6.45, 7) is -0.695. The van der Waals surface area contributed by atoms with E-state index in [2.05, 4.69) is 4.98 Å². The van der Waals surface area contributed by atoms with E-state index in [0.717, 1.165) is 0 Å². The monoisotopic (exact) mass is 394 g/mol. The van der Waals surface area contributed by atoms with E-state index in [9.17, 15) is 18.0 Å². The van der Waals surface area contributed by atoms with Crippen LogP contribution in [0.1, 0.15) is 10.7 Å². The molecule has 1 amide bonds. The summed E-state index contributed by atoms with van der Waals surface area (Å²) in [7, 11) is 0. The highest BCUT2D eigenvalue weighted by Crippen LogP contribution is 2.20. The van der Waals surface area contributed by atoms with Crippen LogP contribution < -0.4 is 10.1 Å². The summed E-state index contributed by atoms with van der Waals surface area (Å²) in [4.78, 5) is 15.8. The van der Waals surface area contributed by atoms with Gasteiger partial charge in [-0.25, -0.2) is 4.98 Å². The first-order chi connectivity index (χ1) is 11.7. The predicted octanol–water partition coefficient (Wildman–Crippen LogP) is 2.96. The van der Waals surface area contributed by atoms with Crippen molar-refractivity contribution in [1.82, 2.24) is 10.3 Å². The number of benzene rings is 1. The number of rotatable bonds is 7. The molecule has 1 heterocycles. The van der Waals surface area contributed by atoms with E-state index in [4.69, 9.17) is 21.4 Å². The van der Waals surface area contributed by atoms with Crippen molar-refractivity contribution in [3.05, 3.63) is 45.4 Å². The highest BCUT2D eigenvalue weighted by molar-refractivity contribution is 7.09. The van der Waals surface area contributed by atoms with Crippen LogP contribution >= 0.6 is 22.9 Å². The fourth-order valence-corrected chi connectivity index (χ4v) is 2.56. The number of thiazole rings is 1. The van der Waals surface area contributed by atoms with Gasteiger partial charge in [-0.05, 0) is 24.3 Å². The number of nitrogens with one attached hydrogen (secondary N) is 1. The maximum absolute atomic E-state index is 12.1. The molecule has 0 spiro atoms. The number of alkyl halides is 3. The average Bonchev–Trinajstić information content (AvgIpc) is 2.98. The molecule has 136 valence electrons. The molecule has 2 rings (SSSR count). The van der Waals surface area contributed by atoms with Crippen LogP contribution in [0.15, 0.2) is 29.6 Å². The van der Waals surface area contributed by atoms with Crippen LogP contribution in [-0.2, 0) is 17.8 Å². The zero-order chi connectivity index (χ0) is 18.4. The van der Waals surface area contributed by atoms with Crippen molar-refractivity contribution in [2.24, 2.45) is 0 Å². The molecule has 0 aliphatic heterocycles. The van der Waals surface area contributed by atoms with Gasteiger partial charge in [0, 0.05) is 10.4 Å². The lowest BCUT2D eigenvalue weighted by Gasteiger charge is -2.14. The van der Waals surface area contributed by atoms with Crippen LogP contribution in [0, 0.1) is 0 Å². The number of amides is 1. The van der Waals surface area contributed by atoms with Crippen molar-refractivity contribution in [2.45, 2.75) is 25.3 Å². The van der Waals surface area contributed by atoms with Crippen LogP contribution in [0.3, 0.4) is 0 Å². The van der Waals surface area contributed by atoms with Gasteiger partial charge in [-0.15, -0.1) is 11.3 Å². The second-order valence-corrected chi connectivity index (χ2v) is 6.39. The minimum Gasteiger partial charge on any atom is -0.486 e. The number of halogens is 4. The lowest BCUT2D eigenvalue weighted by Crippen LogP contribution is -2.41. The van der Waals surface area contributed by atoms with Crippen LogP contribution in [0.5, 0.6) is 5.75 Å². The normalized spacial score (nSPS) is 12.7. The first kappa shape index (κ1) is 19.5. The second-order valence-electron chi connectivity index (χ2n) is 5.01. The van der Waals surface area contributed by atoms with E-state index in [1.165, 1.54) is 11.3 Å². The van der Waals surface area contributed by atoms with Crippen LogP contribution in [-0.4, -0.2) is 34.8 Å². The molecule has 0 aliphatic rings. The van der Waals surface area contributed by atoms with E-state index >= 15 is 0 Å². The van der Waals surface area contributed by atoms with Gasteiger partial charge in [0.2, 0.25) is 5.91 Å². The third-order valence-corrected chi connectivity index (χ3v) is 4.11. The highest BCUT2D eigenvalue weighted by Gasteiger charge is 2.38. The molecule has 2 N–H and O–H groups in total. The van der Waals surface area contributed by atoms with Gasteiger partial charge in [-0.1, -0.05) is 11.6 Å². The summed E-state index contributed by atoms with van der Waals surface area (Å²) < 4.78 is 41.9. The number of hydrogen-bond donors (Lipinski definition) is 2. The Morgan fingerprint density at radius 2 is 2.04 bits per heavy atom. The molecular weight excluding hydrogens is 381 g/mol. The quantitative estimate of drug-likeness (QED) is 0.757. The predicted molar refractivity (Wildman–Crippen MR) is 86.7 cm³/mol. The summed E-state index contributed by atoms with van der Waals surface area (Å²) in [6, 6.07) is 6.78. The zero-order valence-electron chi connectivity index (χ0n) is 12.7. The van der Waals surface area contributed by atoms with Gasteiger partial charge < -0.3 is 15.2 Å². The highest BCUT2D eigenvalue weighted by atomic mass is 35.5. The lowest BCUT2D eigenvalue weighted by molar-refractivity contribution is -0.201. The molecule has 5 nitrogen and oxygen atoms in total. The van der Waals surface area contributed by atoms with Crippen molar-refractivity contribution >= 4 is 28.8 Å². The maximum atomic E-state index is 12.1. The largest absolute Gasteiger partial charge is 0.486 e. The number of carbonyl (C=O) groups excluding carboxylic acids is 1. The molecule has 1 aromatic heterocycles. The first-order valence-corrected chi connectivity index (χ1v) is 8.33. The van der Waals surface area contributed by atoms with Gasteiger partial charge in [-0.3, -0.25) is 4.79 Å². The Morgan fingerprint density at radius 1 is 1.36 bits per heavy atom. The van der Waals surface area contributed by atoms with Gasteiger partial charge in [0.15, 0.2) is 6.10 Å². The van der Waals surface area contributed by atoms with E-state index < -0.39 is 24.7 Å². The van der Waals surface area contributed by atoms with Crippen LogP contribution in [0.4, 0.5) is 13.2 Å². The van der Waals surface area contributed by atoms with E-state index in [-0.39, 0.29) is 13.0 Å². The Balaban J connectivity index is 1.78. The number of carbonyl (C=O) groups is 1. The van der Waals surface area contributed by atoms with Gasteiger partial charge in [-0.2, -0.15) is 13.2 Å². The van der Waals surface area contributed by atoms with Crippen molar-refractivity contribution < 1.29 is 27.8 Å². The minimum atomic E-state index is -4.76. The molecule has 0 saturated carbocycles. The number of aliphatic hydroxyl groups excluding tert-OH is 1. The molecule has 1 unspecified atom stereocenters. The maximum Gasteiger partial charge on any atom is 0.416 e. The number of aromatic nitrogens is 1. The topological polar surface area (TPSA) is 71.5 Å². The van der Waals surface area contributed by atoms with Crippen molar-refractivity contribution in [2.75, 3.05) is 6.54 Å². The molecule has 0 radical (unpaired) electrons. The molecule has 1 atom stereocenters. The number of ether oxygens (including phenoxy) is 1. The standard InChI is InChI=1S/C15H14ClF3N2O3S/c16-9-1-3-11(4-2-9)24-7-14-21-10(8-25-14)5-13(23)20-6-12(22)15(17,18)19/h1-4,8,12,22H,5-7H2,(H,20,23). The van der Waals surface area contributed by atoms with E-state index in [1.54, 1.807) is 29.6 Å². The summed E-state index contributed by atoms with van der Waals surface area (Å²) >= 11 is 7.04. The average molecular weight is 395 g/mol. The first-order valence-electron chi connectivity index (χ1n) is 7.07. The minimum absolute atomic E-state index is 0.179. The Morgan fingerprint density at radius 3 is 2.68 bits per heavy atom. The smallest absolute Gasteiger partial charge is 0.416 e. The van der Waals surface area contributed by atoms with Gasteiger partial charge in [0.05, 0.1) is 18.7 Å². The fourth-order valence-electron chi connectivity index (χ4n) is 1.73. The molecule has 0 fully saturated rings. The van der Waals surface area contributed by atoms with Gasteiger partial charge >= 0.3 is 6.18 Å². The summed E-state index contributed by atoms with van der Waals surface area (Å²) in [5, 5.41) is 13.7. The van der Waals surface area contributed by atoms with E-state index in [1.807, 2.05) is 5.32 Å². The number of hydrogen-bond acceptors (Lipinski definition) is 5. The Labute approximate surface area is 150 Å². The molecule has 0 saturated heterocycles. The van der Waals surface area contributed by atoms with Crippen LogP contribution in [0.2, 0.25) is 5.02 Å². The molecule has 0 aliphatic carbocycles. The molecular formula is C15H14ClF3N2O3S. The van der Waals surface area contributed by atoms with Crippen molar-refractivity contribution in [3.8, 4) is 5.75 Å².